The first-order valence-corrected chi connectivity index (χ1v) is 6.47. The molecule has 0 fully saturated rings. The van der Waals surface area contributed by atoms with Crippen LogP contribution in [-0.4, -0.2) is 10.9 Å². The molecule has 1 heterocycles. The number of hydrogen-bond acceptors (Lipinski definition) is 4. The SMILES string of the molecule is NNc1ccc(C(=O)Nc2cccc(Cl)c2Br)nc1. The van der Waals surface area contributed by atoms with Crippen molar-refractivity contribution in [1.29, 1.82) is 0 Å². The highest BCUT2D eigenvalue weighted by molar-refractivity contribution is 9.10. The van der Waals surface area contributed by atoms with E-state index >= 15 is 0 Å². The number of halogens is 2. The summed E-state index contributed by atoms with van der Waals surface area (Å²) in [4.78, 5) is 16.0. The first-order valence-electron chi connectivity index (χ1n) is 5.30. The van der Waals surface area contributed by atoms with Crippen LogP contribution in [0.25, 0.3) is 0 Å². The lowest BCUT2D eigenvalue weighted by molar-refractivity contribution is 0.102. The number of amides is 1. The Morgan fingerprint density at radius 1 is 1.32 bits per heavy atom. The quantitative estimate of drug-likeness (QED) is 0.592. The minimum absolute atomic E-state index is 0.283. The molecule has 7 heteroatoms. The lowest BCUT2D eigenvalue weighted by Crippen LogP contribution is -2.14. The van der Waals surface area contributed by atoms with Gasteiger partial charge in [0, 0.05) is 0 Å². The zero-order valence-corrected chi connectivity index (χ0v) is 12.0. The number of anilines is 2. The second-order valence-electron chi connectivity index (χ2n) is 3.63. The van der Waals surface area contributed by atoms with Crippen LogP contribution in [0.5, 0.6) is 0 Å². The Balaban J connectivity index is 2.18. The van der Waals surface area contributed by atoms with Gasteiger partial charge in [-0.25, -0.2) is 4.98 Å². The molecule has 0 saturated carbocycles. The van der Waals surface area contributed by atoms with Gasteiger partial charge in [-0.2, -0.15) is 0 Å². The molecule has 0 aliphatic rings. The molecule has 2 rings (SSSR count). The van der Waals surface area contributed by atoms with Gasteiger partial charge in [-0.05, 0) is 40.2 Å². The average Bonchev–Trinajstić information content (AvgIpc) is 2.44. The summed E-state index contributed by atoms with van der Waals surface area (Å²) in [6, 6.07) is 8.44. The minimum Gasteiger partial charge on any atom is -0.323 e. The first-order chi connectivity index (χ1) is 9.11. The second kappa shape index (κ2) is 6.01. The van der Waals surface area contributed by atoms with Gasteiger partial charge in [-0.1, -0.05) is 17.7 Å². The monoisotopic (exact) mass is 340 g/mol. The molecule has 0 unspecified atom stereocenters. The van der Waals surface area contributed by atoms with Crippen molar-refractivity contribution >= 4 is 44.8 Å². The molecule has 0 saturated heterocycles. The molecule has 0 spiro atoms. The second-order valence-corrected chi connectivity index (χ2v) is 4.83. The van der Waals surface area contributed by atoms with Crippen molar-refractivity contribution in [3.8, 4) is 0 Å². The van der Waals surface area contributed by atoms with Crippen LogP contribution in [0, 0.1) is 0 Å². The fourth-order valence-corrected chi connectivity index (χ4v) is 1.94. The molecule has 1 amide bonds. The Morgan fingerprint density at radius 3 is 2.74 bits per heavy atom. The number of carbonyl (C=O) groups excluding carboxylic acids is 1. The summed E-state index contributed by atoms with van der Waals surface area (Å²) >= 11 is 9.26. The van der Waals surface area contributed by atoms with Gasteiger partial charge in [0.05, 0.1) is 27.1 Å². The largest absolute Gasteiger partial charge is 0.323 e. The van der Waals surface area contributed by atoms with Crippen LogP contribution in [0.15, 0.2) is 41.0 Å². The topological polar surface area (TPSA) is 80.0 Å². The number of aromatic nitrogens is 1. The Bertz CT molecular complexity index is 603. The van der Waals surface area contributed by atoms with Crippen LogP contribution < -0.4 is 16.6 Å². The molecular formula is C12H10BrClN4O. The summed E-state index contributed by atoms with van der Waals surface area (Å²) < 4.78 is 0.630. The van der Waals surface area contributed by atoms with E-state index in [1.54, 1.807) is 30.3 Å². The normalized spacial score (nSPS) is 10.1. The summed E-state index contributed by atoms with van der Waals surface area (Å²) in [6.45, 7) is 0. The molecule has 1 aromatic heterocycles. The fourth-order valence-electron chi connectivity index (χ4n) is 1.40. The summed E-state index contributed by atoms with van der Waals surface area (Å²) in [5.74, 6) is 4.90. The van der Waals surface area contributed by atoms with Crippen LogP contribution in [0.3, 0.4) is 0 Å². The number of rotatable bonds is 3. The maximum atomic E-state index is 12.0. The Morgan fingerprint density at radius 2 is 2.11 bits per heavy atom. The van der Waals surface area contributed by atoms with Crippen molar-refractivity contribution in [2.24, 2.45) is 5.84 Å². The van der Waals surface area contributed by atoms with Gasteiger partial charge in [0.25, 0.3) is 5.91 Å². The van der Waals surface area contributed by atoms with E-state index in [2.05, 4.69) is 31.7 Å². The van der Waals surface area contributed by atoms with Crippen molar-refractivity contribution in [3.05, 3.63) is 51.7 Å². The maximum absolute atomic E-state index is 12.0. The summed E-state index contributed by atoms with van der Waals surface area (Å²) in [7, 11) is 0. The number of hydrazine groups is 1. The summed E-state index contributed by atoms with van der Waals surface area (Å²) in [6.07, 6.45) is 1.47. The van der Waals surface area contributed by atoms with Gasteiger partial charge in [-0.3, -0.25) is 10.6 Å². The van der Waals surface area contributed by atoms with Crippen LogP contribution in [0.2, 0.25) is 5.02 Å². The van der Waals surface area contributed by atoms with Crippen LogP contribution in [0.4, 0.5) is 11.4 Å². The zero-order valence-electron chi connectivity index (χ0n) is 9.65. The van der Waals surface area contributed by atoms with Gasteiger partial charge >= 0.3 is 0 Å². The highest BCUT2D eigenvalue weighted by atomic mass is 79.9. The van der Waals surface area contributed by atoms with Crippen molar-refractivity contribution in [2.45, 2.75) is 0 Å². The number of hydrogen-bond donors (Lipinski definition) is 3. The van der Waals surface area contributed by atoms with E-state index in [9.17, 15) is 4.79 Å². The number of pyridine rings is 1. The van der Waals surface area contributed by atoms with Crippen LogP contribution in [0.1, 0.15) is 10.5 Å². The van der Waals surface area contributed by atoms with Gasteiger partial charge in [0.1, 0.15) is 5.69 Å². The zero-order chi connectivity index (χ0) is 13.8. The molecule has 0 aliphatic heterocycles. The Kier molecular flexibility index (Phi) is 4.36. The first kappa shape index (κ1) is 13.8. The van der Waals surface area contributed by atoms with E-state index in [4.69, 9.17) is 17.4 Å². The third-order valence-corrected chi connectivity index (χ3v) is 3.76. The van der Waals surface area contributed by atoms with E-state index in [1.807, 2.05) is 0 Å². The van der Waals surface area contributed by atoms with E-state index in [1.165, 1.54) is 6.20 Å². The van der Waals surface area contributed by atoms with E-state index in [0.29, 0.717) is 20.9 Å². The van der Waals surface area contributed by atoms with E-state index < -0.39 is 0 Å². The summed E-state index contributed by atoms with van der Waals surface area (Å²) in [5.41, 5.74) is 3.93. The lowest BCUT2D eigenvalue weighted by Gasteiger charge is -2.08. The van der Waals surface area contributed by atoms with Crippen molar-refractivity contribution < 1.29 is 4.79 Å². The molecule has 5 nitrogen and oxygen atoms in total. The Labute approximate surface area is 123 Å². The van der Waals surface area contributed by atoms with Gasteiger partial charge in [0.15, 0.2) is 0 Å². The van der Waals surface area contributed by atoms with Crippen molar-refractivity contribution in [3.63, 3.8) is 0 Å². The van der Waals surface area contributed by atoms with Gasteiger partial charge in [-0.15, -0.1) is 0 Å². The predicted octanol–water partition coefficient (Wildman–Crippen LogP) is 3.04. The molecule has 0 atom stereocenters. The molecule has 0 radical (unpaired) electrons. The fraction of sp³-hybridized carbons (Fsp3) is 0. The number of benzene rings is 1. The van der Waals surface area contributed by atoms with Crippen LogP contribution >= 0.6 is 27.5 Å². The number of nitrogens with two attached hydrogens (primary N) is 1. The summed E-state index contributed by atoms with van der Waals surface area (Å²) in [5, 5.41) is 3.24. The third kappa shape index (κ3) is 3.23. The van der Waals surface area contributed by atoms with Crippen molar-refractivity contribution in [1.82, 2.24) is 4.98 Å². The predicted molar refractivity (Wildman–Crippen MR) is 79.2 cm³/mol. The number of nitrogens with zero attached hydrogens (tertiary/aromatic N) is 1. The smallest absolute Gasteiger partial charge is 0.274 e. The molecule has 0 bridgehead atoms. The van der Waals surface area contributed by atoms with E-state index in [-0.39, 0.29) is 11.6 Å². The number of carbonyl (C=O) groups is 1. The molecule has 2 aromatic rings. The van der Waals surface area contributed by atoms with E-state index in [0.717, 1.165) is 0 Å². The molecule has 19 heavy (non-hydrogen) atoms. The highest BCUT2D eigenvalue weighted by Crippen LogP contribution is 2.30. The maximum Gasteiger partial charge on any atom is 0.274 e. The standard InChI is InChI=1S/C12H10BrClN4O/c13-11-8(14)2-1-3-9(11)17-12(19)10-5-4-7(18-15)6-16-10/h1-6,18H,15H2,(H,17,19). The Hall–Kier alpha value is -1.63. The van der Waals surface area contributed by atoms with Crippen molar-refractivity contribution in [2.75, 3.05) is 10.7 Å². The van der Waals surface area contributed by atoms with Crippen LogP contribution in [-0.2, 0) is 0 Å². The molecular weight excluding hydrogens is 332 g/mol. The minimum atomic E-state index is -0.327. The lowest BCUT2D eigenvalue weighted by atomic mass is 10.3. The number of nitrogens with one attached hydrogen (secondary N) is 2. The van der Waals surface area contributed by atoms with Gasteiger partial charge < -0.3 is 10.7 Å². The number of nitrogen functional groups attached to an aromatic ring is 1. The third-order valence-electron chi connectivity index (χ3n) is 2.36. The average molecular weight is 342 g/mol. The molecule has 4 N–H and O–H groups in total. The molecule has 1 aromatic carbocycles. The van der Waals surface area contributed by atoms with Gasteiger partial charge in [0.2, 0.25) is 0 Å². The molecule has 0 aliphatic carbocycles. The highest BCUT2D eigenvalue weighted by Gasteiger charge is 2.10. The molecule has 98 valence electrons.